The van der Waals surface area contributed by atoms with Crippen LogP contribution in [0.25, 0.3) is 0 Å². The van der Waals surface area contributed by atoms with Gasteiger partial charge in [0, 0.05) is 13.1 Å². The van der Waals surface area contributed by atoms with Crippen LogP contribution in [0.1, 0.15) is 18.1 Å². The second kappa shape index (κ2) is 6.53. The molecule has 0 fully saturated rings. The monoisotopic (exact) mass is 284 g/mol. The molecule has 0 aromatic heterocycles. The van der Waals surface area contributed by atoms with Crippen LogP contribution in [-0.2, 0) is 6.42 Å². The van der Waals surface area contributed by atoms with Gasteiger partial charge in [0.25, 0.3) is 0 Å². The zero-order valence-electron chi connectivity index (χ0n) is 13.3. The van der Waals surface area contributed by atoms with Crippen LogP contribution in [0.15, 0.2) is 42.5 Å². The Hall–Kier alpha value is -2.16. The normalized spacial score (nSPS) is 12.0. The highest BCUT2D eigenvalue weighted by molar-refractivity contribution is 5.68. The van der Waals surface area contributed by atoms with Crippen molar-refractivity contribution in [2.24, 2.45) is 0 Å². The van der Waals surface area contributed by atoms with E-state index in [0.717, 1.165) is 23.5 Å². The Morgan fingerprint density at radius 1 is 1.19 bits per heavy atom. The number of hydrogen-bond acceptors (Lipinski definition) is 3. The van der Waals surface area contributed by atoms with E-state index in [1.807, 2.05) is 30.3 Å². The number of likely N-dealkylation sites (N-methyl/N-ethyl adjacent to an activating group) is 1. The average molecular weight is 284 g/mol. The minimum absolute atomic E-state index is 0.324. The fraction of sp³-hybridized carbons (Fsp3) is 0.333. The van der Waals surface area contributed by atoms with Gasteiger partial charge in [0.05, 0.1) is 18.5 Å². The van der Waals surface area contributed by atoms with E-state index in [2.05, 4.69) is 37.9 Å². The maximum atomic E-state index is 6.11. The minimum atomic E-state index is 0.324. The zero-order valence-corrected chi connectivity index (χ0v) is 13.3. The van der Waals surface area contributed by atoms with Crippen LogP contribution < -0.4 is 15.4 Å². The number of nitrogen functional groups attached to an aromatic ring is 1. The number of hydrogen-bond donors (Lipinski definition) is 1. The van der Waals surface area contributed by atoms with Crippen LogP contribution in [0.4, 0.5) is 11.4 Å². The van der Waals surface area contributed by atoms with Crippen molar-refractivity contribution < 1.29 is 4.74 Å². The van der Waals surface area contributed by atoms with Crippen molar-refractivity contribution in [3.05, 3.63) is 53.6 Å². The Kier molecular flexibility index (Phi) is 4.73. The van der Waals surface area contributed by atoms with Gasteiger partial charge in [0.1, 0.15) is 5.75 Å². The van der Waals surface area contributed by atoms with Crippen LogP contribution in [0.3, 0.4) is 0 Å². The molecule has 2 aromatic rings. The van der Waals surface area contributed by atoms with Gasteiger partial charge in [0.2, 0.25) is 0 Å². The number of methoxy groups -OCH3 is 1. The first-order valence-corrected chi connectivity index (χ1v) is 7.23. The summed E-state index contributed by atoms with van der Waals surface area (Å²) in [6.07, 6.45) is 0.911. The highest BCUT2D eigenvalue weighted by Crippen LogP contribution is 2.27. The Labute approximate surface area is 127 Å². The van der Waals surface area contributed by atoms with Crippen LogP contribution in [0.5, 0.6) is 5.75 Å². The molecule has 0 amide bonds. The number of rotatable bonds is 5. The predicted octanol–water partition coefficient (Wildman–Crippen LogP) is 3.65. The summed E-state index contributed by atoms with van der Waals surface area (Å²) in [4.78, 5) is 2.23. The first kappa shape index (κ1) is 15.2. The molecule has 0 aliphatic carbocycles. The lowest BCUT2D eigenvalue weighted by Crippen LogP contribution is -2.31. The van der Waals surface area contributed by atoms with Crippen LogP contribution >= 0.6 is 0 Å². The molecule has 2 aromatic carbocycles. The predicted molar refractivity (Wildman–Crippen MR) is 90.2 cm³/mol. The van der Waals surface area contributed by atoms with Gasteiger partial charge >= 0.3 is 0 Å². The molecule has 112 valence electrons. The van der Waals surface area contributed by atoms with Crippen molar-refractivity contribution >= 4 is 11.4 Å². The number of para-hydroxylation sites is 1. The zero-order chi connectivity index (χ0) is 15.4. The quantitative estimate of drug-likeness (QED) is 0.852. The van der Waals surface area contributed by atoms with E-state index in [9.17, 15) is 0 Å². The molecule has 0 saturated heterocycles. The number of aryl methyl sites for hydroxylation is 1. The molecule has 0 aliphatic rings. The summed E-state index contributed by atoms with van der Waals surface area (Å²) in [6.45, 7) is 4.29. The fourth-order valence-electron chi connectivity index (χ4n) is 2.52. The summed E-state index contributed by atoms with van der Waals surface area (Å²) in [5, 5.41) is 0. The SMILES string of the molecule is COc1ccccc1CC(C)N(C)c1cc(C)ccc1N. The molecule has 0 saturated carbocycles. The molecule has 3 heteroatoms. The van der Waals surface area contributed by atoms with E-state index in [0.29, 0.717) is 6.04 Å². The molecule has 21 heavy (non-hydrogen) atoms. The number of ether oxygens (including phenoxy) is 1. The number of anilines is 2. The molecular weight excluding hydrogens is 260 g/mol. The summed E-state index contributed by atoms with van der Waals surface area (Å²) in [7, 11) is 3.80. The summed E-state index contributed by atoms with van der Waals surface area (Å²) in [5.74, 6) is 0.940. The Morgan fingerprint density at radius 3 is 2.62 bits per heavy atom. The van der Waals surface area contributed by atoms with E-state index < -0.39 is 0 Å². The van der Waals surface area contributed by atoms with Crippen molar-refractivity contribution in [3.63, 3.8) is 0 Å². The molecule has 0 spiro atoms. The summed E-state index contributed by atoms with van der Waals surface area (Å²) < 4.78 is 5.43. The second-order valence-electron chi connectivity index (χ2n) is 5.54. The summed E-state index contributed by atoms with van der Waals surface area (Å²) >= 11 is 0. The van der Waals surface area contributed by atoms with E-state index in [4.69, 9.17) is 10.5 Å². The second-order valence-corrected chi connectivity index (χ2v) is 5.54. The third kappa shape index (κ3) is 3.48. The van der Waals surface area contributed by atoms with E-state index >= 15 is 0 Å². The van der Waals surface area contributed by atoms with Crippen molar-refractivity contribution in [2.45, 2.75) is 26.3 Å². The largest absolute Gasteiger partial charge is 0.496 e. The molecule has 0 aliphatic heterocycles. The first-order valence-electron chi connectivity index (χ1n) is 7.23. The van der Waals surface area contributed by atoms with Gasteiger partial charge in [-0.25, -0.2) is 0 Å². The lowest BCUT2D eigenvalue weighted by Gasteiger charge is -2.29. The molecule has 0 heterocycles. The Balaban J connectivity index is 2.19. The standard InChI is InChI=1S/C18H24N2O/c1-13-9-10-16(19)17(11-13)20(3)14(2)12-15-7-5-6-8-18(15)21-4/h5-11,14H,12,19H2,1-4H3. The number of benzene rings is 2. The third-order valence-electron chi connectivity index (χ3n) is 3.93. The van der Waals surface area contributed by atoms with Gasteiger partial charge in [-0.3, -0.25) is 0 Å². The van der Waals surface area contributed by atoms with Crippen LogP contribution in [0.2, 0.25) is 0 Å². The van der Waals surface area contributed by atoms with Gasteiger partial charge in [-0.1, -0.05) is 24.3 Å². The van der Waals surface area contributed by atoms with Gasteiger partial charge in [-0.15, -0.1) is 0 Å². The van der Waals surface area contributed by atoms with Crippen molar-refractivity contribution in [3.8, 4) is 5.75 Å². The fourth-order valence-corrected chi connectivity index (χ4v) is 2.52. The first-order chi connectivity index (χ1) is 10.0. The summed E-state index contributed by atoms with van der Waals surface area (Å²) in [6, 6.07) is 14.6. The molecule has 1 unspecified atom stereocenters. The smallest absolute Gasteiger partial charge is 0.122 e. The number of nitrogens with two attached hydrogens (primary N) is 1. The lowest BCUT2D eigenvalue weighted by atomic mass is 10.0. The van der Waals surface area contributed by atoms with Crippen molar-refractivity contribution in [1.82, 2.24) is 0 Å². The molecule has 1 atom stereocenters. The Morgan fingerprint density at radius 2 is 1.90 bits per heavy atom. The molecule has 2 rings (SSSR count). The van der Waals surface area contributed by atoms with Gasteiger partial charge in [0.15, 0.2) is 0 Å². The van der Waals surface area contributed by atoms with Crippen molar-refractivity contribution in [2.75, 3.05) is 24.8 Å². The number of nitrogens with zero attached hydrogens (tertiary/aromatic N) is 1. The molecule has 0 bridgehead atoms. The molecule has 3 nitrogen and oxygen atoms in total. The molecule has 2 N–H and O–H groups in total. The van der Waals surface area contributed by atoms with E-state index in [-0.39, 0.29) is 0 Å². The van der Waals surface area contributed by atoms with Gasteiger partial charge in [-0.05, 0) is 49.6 Å². The van der Waals surface area contributed by atoms with E-state index in [1.165, 1.54) is 11.1 Å². The van der Waals surface area contributed by atoms with Crippen LogP contribution in [0, 0.1) is 6.92 Å². The summed E-state index contributed by atoms with van der Waals surface area (Å²) in [5.41, 5.74) is 10.4. The van der Waals surface area contributed by atoms with E-state index in [1.54, 1.807) is 7.11 Å². The van der Waals surface area contributed by atoms with Crippen molar-refractivity contribution in [1.29, 1.82) is 0 Å². The minimum Gasteiger partial charge on any atom is -0.496 e. The molecule has 0 radical (unpaired) electrons. The maximum absolute atomic E-state index is 6.11. The van der Waals surface area contributed by atoms with Gasteiger partial charge < -0.3 is 15.4 Å². The highest BCUT2D eigenvalue weighted by Gasteiger charge is 2.15. The van der Waals surface area contributed by atoms with Crippen LogP contribution in [-0.4, -0.2) is 20.2 Å². The maximum Gasteiger partial charge on any atom is 0.122 e. The molecular formula is C18H24N2O. The lowest BCUT2D eigenvalue weighted by molar-refractivity contribution is 0.408. The van der Waals surface area contributed by atoms with Gasteiger partial charge in [-0.2, -0.15) is 0 Å². The topological polar surface area (TPSA) is 38.5 Å². The third-order valence-corrected chi connectivity index (χ3v) is 3.93. The average Bonchev–Trinajstić information content (AvgIpc) is 2.49. The highest BCUT2D eigenvalue weighted by atomic mass is 16.5. The Bertz CT molecular complexity index is 610.